The van der Waals surface area contributed by atoms with E-state index >= 15 is 0 Å². The highest BCUT2D eigenvalue weighted by Gasteiger charge is 2.32. The van der Waals surface area contributed by atoms with Gasteiger partial charge in [0, 0.05) is 43.1 Å². The lowest BCUT2D eigenvalue weighted by molar-refractivity contribution is -0.141. The van der Waals surface area contributed by atoms with Gasteiger partial charge in [-0.3, -0.25) is 13.9 Å². The number of amides is 2. The van der Waals surface area contributed by atoms with Crippen molar-refractivity contribution < 1.29 is 22.7 Å². The summed E-state index contributed by atoms with van der Waals surface area (Å²) in [5, 5.41) is 3.83. The van der Waals surface area contributed by atoms with Crippen LogP contribution in [0.1, 0.15) is 56.1 Å². The first kappa shape index (κ1) is 33.3. The second kappa shape index (κ2) is 16.0. The maximum absolute atomic E-state index is 14.0. The molecular formula is C34H42ClN3O5S. The number of nitrogens with one attached hydrogen (secondary N) is 1. The zero-order valence-electron chi connectivity index (χ0n) is 25.5. The molecule has 0 unspecified atom stereocenters. The molecule has 0 radical (unpaired) electrons. The van der Waals surface area contributed by atoms with E-state index in [-0.39, 0.29) is 43.8 Å². The average molecular weight is 640 g/mol. The van der Waals surface area contributed by atoms with Crippen molar-refractivity contribution in [3.05, 3.63) is 95.0 Å². The molecule has 8 nitrogen and oxygen atoms in total. The molecule has 0 bridgehead atoms. The van der Waals surface area contributed by atoms with Crippen molar-refractivity contribution >= 4 is 39.1 Å². The van der Waals surface area contributed by atoms with E-state index in [0.29, 0.717) is 22.9 Å². The molecule has 0 heterocycles. The Bertz CT molecular complexity index is 1480. The minimum absolute atomic E-state index is 0.0611. The van der Waals surface area contributed by atoms with Gasteiger partial charge in [0.2, 0.25) is 21.8 Å². The second-order valence-electron chi connectivity index (χ2n) is 11.3. The van der Waals surface area contributed by atoms with Crippen LogP contribution in [0.4, 0.5) is 5.69 Å². The molecule has 1 aliphatic rings. The van der Waals surface area contributed by atoms with Crippen molar-refractivity contribution in [1.29, 1.82) is 0 Å². The summed E-state index contributed by atoms with van der Waals surface area (Å²) in [6, 6.07) is 23.1. The first-order valence-electron chi connectivity index (χ1n) is 15.1. The van der Waals surface area contributed by atoms with Gasteiger partial charge in [0.15, 0.2) is 0 Å². The lowest BCUT2D eigenvalue weighted by Crippen LogP contribution is -2.52. The Hall–Kier alpha value is -3.56. The van der Waals surface area contributed by atoms with Crippen LogP contribution in [-0.2, 0) is 32.6 Å². The Morgan fingerprint density at radius 1 is 0.955 bits per heavy atom. The molecule has 0 spiro atoms. The zero-order chi connectivity index (χ0) is 31.5. The number of carbonyl (C=O) groups excluding carboxylic acids is 2. The van der Waals surface area contributed by atoms with Crippen molar-refractivity contribution in [2.45, 2.75) is 70.0 Å². The summed E-state index contributed by atoms with van der Waals surface area (Å²) >= 11 is 6.14. The number of sulfonamides is 1. The molecule has 2 amide bonds. The van der Waals surface area contributed by atoms with Crippen molar-refractivity contribution in [2.24, 2.45) is 0 Å². The lowest BCUT2D eigenvalue weighted by atomic mass is 9.94. The van der Waals surface area contributed by atoms with Crippen LogP contribution in [0, 0.1) is 0 Å². The number of methoxy groups -OCH3 is 1. The summed E-state index contributed by atoms with van der Waals surface area (Å²) in [6.07, 6.45) is 7.01. The smallest absolute Gasteiger partial charge is 0.243 e. The minimum atomic E-state index is -3.62. The standard InChI is InChI=1S/C34H42ClN3O5S/c1-43-31-16-9-15-30(24-31)38(44(2,41)42)22-10-17-33(39)37(25-27-18-20-28(35)21-19-27)32(23-26-11-5-3-6-12-26)34(40)36-29-13-7-4-8-14-29/h3,5-6,9,11-12,15-16,18-21,24,29,32H,4,7-8,10,13-14,17,22-23,25H2,1-2H3,(H,36,40)/t32-/m1/s1. The first-order chi connectivity index (χ1) is 21.1. The molecule has 3 aromatic carbocycles. The van der Waals surface area contributed by atoms with E-state index in [9.17, 15) is 18.0 Å². The van der Waals surface area contributed by atoms with E-state index in [4.69, 9.17) is 16.3 Å². The van der Waals surface area contributed by atoms with Crippen molar-refractivity contribution in [3.63, 3.8) is 0 Å². The monoisotopic (exact) mass is 639 g/mol. The lowest BCUT2D eigenvalue weighted by Gasteiger charge is -2.34. The third-order valence-electron chi connectivity index (χ3n) is 7.98. The Morgan fingerprint density at radius 3 is 2.32 bits per heavy atom. The number of halogens is 1. The van der Waals surface area contributed by atoms with Gasteiger partial charge in [-0.1, -0.05) is 79.4 Å². The quantitative estimate of drug-likeness (QED) is 0.234. The van der Waals surface area contributed by atoms with Crippen LogP contribution in [0.25, 0.3) is 0 Å². The third kappa shape index (κ3) is 9.72. The van der Waals surface area contributed by atoms with E-state index in [0.717, 1.165) is 43.1 Å². The summed E-state index contributed by atoms with van der Waals surface area (Å²) in [7, 11) is -2.10. The van der Waals surface area contributed by atoms with Crippen LogP contribution in [0.3, 0.4) is 0 Å². The number of anilines is 1. The van der Waals surface area contributed by atoms with E-state index in [1.165, 1.54) is 17.8 Å². The number of hydrogen-bond acceptors (Lipinski definition) is 5. The highest BCUT2D eigenvalue weighted by Crippen LogP contribution is 2.25. The molecule has 1 atom stereocenters. The van der Waals surface area contributed by atoms with Crippen LogP contribution in [0.2, 0.25) is 5.02 Å². The van der Waals surface area contributed by atoms with Crippen molar-refractivity contribution in [2.75, 3.05) is 24.2 Å². The molecule has 0 saturated heterocycles. The third-order valence-corrected chi connectivity index (χ3v) is 9.43. The van der Waals surface area contributed by atoms with Gasteiger partial charge in [0.05, 0.1) is 19.1 Å². The van der Waals surface area contributed by atoms with Gasteiger partial charge in [-0.2, -0.15) is 0 Å². The fourth-order valence-electron chi connectivity index (χ4n) is 5.65. The highest BCUT2D eigenvalue weighted by atomic mass is 35.5. The number of nitrogens with zero attached hydrogens (tertiary/aromatic N) is 2. The molecule has 1 saturated carbocycles. The van der Waals surface area contributed by atoms with Crippen LogP contribution in [0.15, 0.2) is 78.9 Å². The van der Waals surface area contributed by atoms with Crippen LogP contribution in [-0.4, -0.2) is 57.1 Å². The Labute approximate surface area is 266 Å². The Morgan fingerprint density at radius 2 is 1.66 bits per heavy atom. The zero-order valence-corrected chi connectivity index (χ0v) is 27.0. The normalized spacial score (nSPS) is 14.4. The fourth-order valence-corrected chi connectivity index (χ4v) is 6.74. The maximum atomic E-state index is 14.0. The predicted molar refractivity (Wildman–Crippen MR) is 175 cm³/mol. The van der Waals surface area contributed by atoms with Gasteiger partial charge in [0.1, 0.15) is 11.8 Å². The highest BCUT2D eigenvalue weighted by molar-refractivity contribution is 7.92. The number of benzene rings is 3. The van der Waals surface area contributed by atoms with Gasteiger partial charge >= 0.3 is 0 Å². The molecule has 10 heteroatoms. The molecule has 4 rings (SSSR count). The van der Waals surface area contributed by atoms with Crippen molar-refractivity contribution in [1.82, 2.24) is 10.2 Å². The number of hydrogen-bond donors (Lipinski definition) is 1. The van der Waals surface area contributed by atoms with E-state index < -0.39 is 16.1 Å². The molecular weight excluding hydrogens is 598 g/mol. The molecule has 236 valence electrons. The maximum Gasteiger partial charge on any atom is 0.243 e. The number of rotatable bonds is 14. The summed E-state index contributed by atoms with van der Waals surface area (Å²) < 4.78 is 32.0. The second-order valence-corrected chi connectivity index (χ2v) is 13.7. The minimum Gasteiger partial charge on any atom is -0.497 e. The van der Waals surface area contributed by atoms with Gasteiger partial charge in [0.25, 0.3) is 0 Å². The molecule has 0 aliphatic heterocycles. The summed E-state index contributed by atoms with van der Waals surface area (Å²) in [4.78, 5) is 29.6. The average Bonchev–Trinajstić information content (AvgIpc) is 3.02. The predicted octanol–water partition coefficient (Wildman–Crippen LogP) is 5.98. The summed E-state index contributed by atoms with van der Waals surface area (Å²) in [6.45, 7) is 0.321. The van der Waals surface area contributed by atoms with Gasteiger partial charge in [-0.05, 0) is 54.7 Å². The van der Waals surface area contributed by atoms with E-state index in [1.807, 2.05) is 42.5 Å². The van der Waals surface area contributed by atoms with Gasteiger partial charge in [-0.25, -0.2) is 8.42 Å². The fraction of sp³-hybridized carbons (Fsp3) is 0.412. The van der Waals surface area contributed by atoms with Crippen molar-refractivity contribution in [3.8, 4) is 5.75 Å². The topological polar surface area (TPSA) is 96.0 Å². The molecule has 1 aliphatic carbocycles. The van der Waals surface area contributed by atoms with E-state index in [1.54, 1.807) is 41.3 Å². The first-order valence-corrected chi connectivity index (χ1v) is 17.4. The van der Waals surface area contributed by atoms with Crippen LogP contribution >= 0.6 is 11.6 Å². The summed E-state index contributed by atoms with van der Waals surface area (Å²) in [5.41, 5.74) is 2.26. The molecule has 1 fully saturated rings. The van der Waals surface area contributed by atoms with Crippen LogP contribution in [0.5, 0.6) is 5.75 Å². The Kier molecular flexibility index (Phi) is 12.1. The van der Waals surface area contributed by atoms with E-state index in [2.05, 4.69) is 5.32 Å². The van der Waals surface area contributed by atoms with Crippen LogP contribution < -0.4 is 14.4 Å². The molecule has 0 aromatic heterocycles. The SMILES string of the molecule is COc1cccc(N(CCCC(=O)N(Cc2ccc(Cl)cc2)[C@H](Cc2ccccc2)C(=O)NC2CCCCC2)S(C)(=O)=O)c1. The molecule has 1 N–H and O–H groups in total. The Balaban J connectivity index is 1.58. The van der Waals surface area contributed by atoms with Gasteiger partial charge < -0.3 is 15.0 Å². The summed E-state index contributed by atoms with van der Waals surface area (Å²) in [5.74, 6) is 0.144. The largest absolute Gasteiger partial charge is 0.497 e. The van der Waals surface area contributed by atoms with Gasteiger partial charge in [-0.15, -0.1) is 0 Å². The number of carbonyl (C=O) groups is 2. The molecule has 3 aromatic rings. The number of ether oxygens (including phenoxy) is 1. The molecule has 44 heavy (non-hydrogen) atoms.